The van der Waals surface area contributed by atoms with Gasteiger partial charge in [0, 0.05) is 24.3 Å². The summed E-state index contributed by atoms with van der Waals surface area (Å²) >= 11 is 0. The Bertz CT molecular complexity index is 464. The van der Waals surface area contributed by atoms with Crippen molar-refractivity contribution in [3.05, 3.63) is 29.8 Å². The normalized spacial score (nSPS) is 10.6. The number of nitriles is 1. The van der Waals surface area contributed by atoms with Crippen LogP contribution in [0.3, 0.4) is 0 Å². The topological polar surface area (TPSA) is 85.2 Å². The molecule has 3 N–H and O–H groups in total. The third-order valence-electron chi connectivity index (χ3n) is 2.41. The lowest BCUT2D eigenvalue weighted by Crippen LogP contribution is -2.38. The third-order valence-corrected chi connectivity index (χ3v) is 2.41. The largest absolute Gasteiger partial charge is 0.396 e. The van der Waals surface area contributed by atoms with Crippen LogP contribution in [-0.4, -0.2) is 24.3 Å². The van der Waals surface area contributed by atoms with Crippen molar-refractivity contribution in [1.82, 2.24) is 5.32 Å². The van der Waals surface area contributed by atoms with Crippen molar-refractivity contribution in [3.63, 3.8) is 0 Å². The molecule has 0 bridgehead atoms. The second kappa shape index (κ2) is 6.03. The van der Waals surface area contributed by atoms with E-state index in [9.17, 15) is 4.79 Å². The molecule has 2 amide bonds. The Morgan fingerprint density at radius 3 is 2.83 bits per heavy atom. The highest BCUT2D eigenvalue weighted by Crippen LogP contribution is 2.12. The van der Waals surface area contributed by atoms with Crippen molar-refractivity contribution in [2.45, 2.75) is 13.8 Å². The Morgan fingerprint density at radius 1 is 1.50 bits per heavy atom. The van der Waals surface area contributed by atoms with E-state index in [0.717, 1.165) is 0 Å². The van der Waals surface area contributed by atoms with Gasteiger partial charge in [0.25, 0.3) is 0 Å². The van der Waals surface area contributed by atoms with Crippen LogP contribution in [0.15, 0.2) is 24.3 Å². The van der Waals surface area contributed by atoms with Gasteiger partial charge in [-0.25, -0.2) is 4.79 Å². The van der Waals surface area contributed by atoms with Crippen LogP contribution in [0.25, 0.3) is 0 Å². The number of hydrogen-bond donors (Lipinski definition) is 3. The number of benzene rings is 1. The third kappa shape index (κ3) is 4.44. The zero-order valence-corrected chi connectivity index (χ0v) is 10.5. The average molecular weight is 247 g/mol. The molecule has 1 rings (SSSR count). The summed E-state index contributed by atoms with van der Waals surface area (Å²) in [5, 5.41) is 23.1. The fourth-order valence-electron chi connectivity index (χ4n) is 1.22. The zero-order valence-electron chi connectivity index (χ0n) is 10.5. The SMILES string of the molecule is CC(C)(CO)CNC(=O)Nc1cccc(C#N)c1. The number of nitrogens with one attached hydrogen (secondary N) is 2. The summed E-state index contributed by atoms with van der Waals surface area (Å²) in [7, 11) is 0. The zero-order chi connectivity index (χ0) is 13.6. The fraction of sp³-hybridized carbons (Fsp3) is 0.385. The minimum Gasteiger partial charge on any atom is -0.396 e. The van der Waals surface area contributed by atoms with Gasteiger partial charge in [0.1, 0.15) is 0 Å². The molecule has 0 aromatic heterocycles. The van der Waals surface area contributed by atoms with Crippen molar-refractivity contribution < 1.29 is 9.90 Å². The minimum absolute atomic E-state index is 0.00278. The predicted molar refractivity (Wildman–Crippen MR) is 69.0 cm³/mol. The van der Waals surface area contributed by atoms with Crippen molar-refractivity contribution in [3.8, 4) is 6.07 Å². The number of aliphatic hydroxyl groups is 1. The van der Waals surface area contributed by atoms with Crippen LogP contribution in [0.5, 0.6) is 0 Å². The van der Waals surface area contributed by atoms with Crippen LogP contribution in [-0.2, 0) is 0 Å². The van der Waals surface area contributed by atoms with Crippen LogP contribution in [0.1, 0.15) is 19.4 Å². The van der Waals surface area contributed by atoms with Gasteiger partial charge in [0.05, 0.1) is 11.6 Å². The summed E-state index contributed by atoms with van der Waals surface area (Å²) in [5.74, 6) is 0. The summed E-state index contributed by atoms with van der Waals surface area (Å²) < 4.78 is 0. The molecule has 96 valence electrons. The summed E-state index contributed by atoms with van der Waals surface area (Å²) in [4.78, 5) is 11.6. The number of anilines is 1. The lowest BCUT2D eigenvalue weighted by atomic mass is 9.95. The maximum Gasteiger partial charge on any atom is 0.319 e. The van der Waals surface area contributed by atoms with Crippen LogP contribution in [0.4, 0.5) is 10.5 Å². The number of rotatable bonds is 4. The molecule has 1 aromatic carbocycles. The number of carbonyl (C=O) groups is 1. The Morgan fingerprint density at radius 2 is 2.22 bits per heavy atom. The van der Waals surface area contributed by atoms with E-state index in [4.69, 9.17) is 10.4 Å². The van der Waals surface area contributed by atoms with Crippen molar-refractivity contribution in [1.29, 1.82) is 5.26 Å². The highest BCUT2D eigenvalue weighted by Gasteiger charge is 2.17. The lowest BCUT2D eigenvalue weighted by molar-refractivity contribution is 0.158. The summed E-state index contributed by atoms with van der Waals surface area (Å²) in [6.45, 7) is 4.07. The molecule has 0 saturated heterocycles. The van der Waals surface area contributed by atoms with E-state index in [1.54, 1.807) is 24.3 Å². The Balaban J connectivity index is 2.52. The molecule has 0 unspecified atom stereocenters. The van der Waals surface area contributed by atoms with Gasteiger partial charge in [-0.3, -0.25) is 0 Å². The number of hydrogen-bond acceptors (Lipinski definition) is 3. The van der Waals surface area contributed by atoms with E-state index in [-0.39, 0.29) is 18.1 Å². The van der Waals surface area contributed by atoms with Crippen molar-refractivity contribution in [2.24, 2.45) is 5.41 Å². The summed E-state index contributed by atoms with van der Waals surface area (Å²) in [6, 6.07) is 8.31. The van der Waals surface area contributed by atoms with Gasteiger partial charge >= 0.3 is 6.03 Å². The molecule has 0 aliphatic carbocycles. The van der Waals surface area contributed by atoms with E-state index in [2.05, 4.69) is 10.6 Å². The van der Waals surface area contributed by atoms with Crippen LogP contribution >= 0.6 is 0 Å². The molecule has 0 radical (unpaired) electrons. The highest BCUT2D eigenvalue weighted by molar-refractivity contribution is 5.89. The van der Waals surface area contributed by atoms with Gasteiger partial charge in [0.15, 0.2) is 0 Å². The minimum atomic E-state index is -0.355. The van der Waals surface area contributed by atoms with E-state index >= 15 is 0 Å². The van der Waals surface area contributed by atoms with E-state index in [1.165, 1.54) is 0 Å². The first-order valence-electron chi connectivity index (χ1n) is 5.63. The lowest BCUT2D eigenvalue weighted by Gasteiger charge is -2.21. The molecular weight excluding hydrogens is 230 g/mol. The molecular formula is C13H17N3O2. The smallest absolute Gasteiger partial charge is 0.319 e. The second-order valence-corrected chi connectivity index (χ2v) is 4.82. The Hall–Kier alpha value is -2.06. The van der Waals surface area contributed by atoms with Crippen molar-refractivity contribution >= 4 is 11.7 Å². The Kier molecular flexibility index (Phi) is 4.69. The monoisotopic (exact) mass is 247 g/mol. The van der Waals surface area contributed by atoms with Gasteiger partial charge in [-0.15, -0.1) is 0 Å². The quantitative estimate of drug-likeness (QED) is 0.757. The molecule has 1 aromatic rings. The van der Waals surface area contributed by atoms with E-state index < -0.39 is 0 Å². The average Bonchev–Trinajstić information content (AvgIpc) is 2.37. The van der Waals surface area contributed by atoms with E-state index in [1.807, 2.05) is 19.9 Å². The fourth-order valence-corrected chi connectivity index (χ4v) is 1.22. The molecule has 0 aliphatic rings. The van der Waals surface area contributed by atoms with Crippen LogP contribution in [0, 0.1) is 16.7 Å². The molecule has 0 spiro atoms. The molecule has 18 heavy (non-hydrogen) atoms. The first-order chi connectivity index (χ1) is 8.46. The molecule has 0 saturated carbocycles. The molecule has 0 aliphatic heterocycles. The summed E-state index contributed by atoms with van der Waals surface area (Å²) in [5.41, 5.74) is 0.697. The maximum absolute atomic E-state index is 11.6. The number of nitrogens with zero attached hydrogens (tertiary/aromatic N) is 1. The van der Waals surface area contributed by atoms with Crippen LogP contribution in [0.2, 0.25) is 0 Å². The number of amides is 2. The Labute approximate surface area is 106 Å². The molecule has 5 nitrogen and oxygen atoms in total. The van der Waals surface area contributed by atoms with Gasteiger partial charge < -0.3 is 15.7 Å². The van der Waals surface area contributed by atoms with Gasteiger partial charge in [-0.05, 0) is 18.2 Å². The van der Waals surface area contributed by atoms with Gasteiger partial charge in [0.2, 0.25) is 0 Å². The highest BCUT2D eigenvalue weighted by atomic mass is 16.3. The number of urea groups is 1. The first kappa shape index (κ1) is 14.0. The second-order valence-electron chi connectivity index (χ2n) is 4.82. The van der Waals surface area contributed by atoms with Crippen molar-refractivity contribution in [2.75, 3.05) is 18.5 Å². The number of aliphatic hydroxyl groups excluding tert-OH is 1. The molecule has 0 fully saturated rings. The van der Waals surface area contributed by atoms with Gasteiger partial charge in [-0.2, -0.15) is 5.26 Å². The maximum atomic E-state index is 11.6. The van der Waals surface area contributed by atoms with E-state index in [0.29, 0.717) is 17.8 Å². The first-order valence-corrected chi connectivity index (χ1v) is 5.63. The summed E-state index contributed by atoms with van der Waals surface area (Å²) in [6.07, 6.45) is 0. The number of carbonyl (C=O) groups excluding carboxylic acids is 1. The standard InChI is InChI=1S/C13H17N3O2/c1-13(2,9-17)8-15-12(18)16-11-5-3-4-10(6-11)7-14/h3-6,17H,8-9H2,1-2H3,(H2,15,16,18). The molecule has 5 heteroatoms. The van der Waals surface area contributed by atoms with Crippen LogP contribution < -0.4 is 10.6 Å². The predicted octanol–water partition coefficient (Wildman–Crippen LogP) is 1.70. The van der Waals surface area contributed by atoms with Gasteiger partial charge in [-0.1, -0.05) is 19.9 Å². The molecule has 0 atom stereocenters. The molecule has 0 heterocycles.